The van der Waals surface area contributed by atoms with Gasteiger partial charge in [-0.05, 0) is 32.9 Å². The first kappa shape index (κ1) is 14.7. The lowest BCUT2D eigenvalue weighted by Crippen LogP contribution is -2.44. The fourth-order valence-corrected chi connectivity index (χ4v) is 2.17. The van der Waals surface area contributed by atoms with Crippen LogP contribution in [-0.4, -0.2) is 37.8 Å². The largest absolute Gasteiger partial charge is 0.378 e. The number of nitrogens with zero attached hydrogens (tertiary/aromatic N) is 2. The number of anilines is 1. The molecule has 0 aliphatic carbocycles. The second-order valence-corrected chi connectivity index (χ2v) is 5.96. The molecular weight excluding hydrogens is 252 g/mol. The Morgan fingerprint density at radius 2 is 1.90 bits per heavy atom. The van der Waals surface area contributed by atoms with Crippen LogP contribution in [-0.2, 0) is 4.74 Å². The van der Waals surface area contributed by atoms with Gasteiger partial charge in [0.2, 0.25) is 0 Å². The van der Waals surface area contributed by atoms with Crippen LogP contribution in [0.5, 0.6) is 0 Å². The van der Waals surface area contributed by atoms with E-state index in [1.165, 1.54) is 0 Å². The van der Waals surface area contributed by atoms with Gasteiger partial charge >= 0.3 is 0 Å². The maximum absolute atomic E-state index is 5.99. The van der Waals surface area contributed by atoms with E-state index in [0.29, 0.717) is 5.96 Å². The lowest BCUT2D eigenvalue weighted by Gasteiger charge is -2.30. The molecule has 5 heteroatoms. The number of hydrogen-bond donors (Lipinski definition) is 2. The van der Waals surface area contributed by atoms with Gasteiger partial charge in [0.25, 0.3) is 0 Å². The van der Waals surface area contributed by atoms with Crippen molar-refractivity contribution in [1.82, 2.24) is 5.32 Å². The molecule has 0 aromatic heterocycles. The van der Waals surface area contributed by atoms with Gasteiger partial charge in [-0.25, -0.2) is 4.99 Å². The van der Waals surface area contributed by atoms with E-state index in [1.807, 2.05) is 18.2 Å². The van der Waals surface area contributed by atoms with Crippen molar-refractivity contribution in [2.24, 2.45) is 10.7 Å². The minimum Gasteiger partial charge on any atom is -0.378 e. The predicted octanol–water partition coefficient (Wildman–Crippen LogP) is 1.86. The van der Waals surface area contributed by atoms with Crippen molar-refractivity contribution in [2.45, 2.75) is 26.3 Å². The first-order chi connectivity index (χ1) is 9.46. The lowest BCUT2D eigenvalue weighted by atomic mass is 10.1. The summed E-state index contributed by atoms with van der Waals surface area (Å²) in [5.74, 6) is 0.443. The van der Waals surface area contributed by atoms with Gasteiger partial charge in [0.15, 0.2) is 5.96 Å². The molecule has 1 fully saturated rings. The molecule has 0 atom stereocenters. The summed E-state index contributed by atoms with van der Waals surface area (Å²) in [5.41, 5.74) is 7.89. The third kappa shape index (κ3) is 4.13. The van der Waals surface area contributed by atoms with Gasteiger partial charge in [0, 0.05) is 18.6 Å². The van der Waals surface area contributed by atoms with Crippen LogP contribution in [0, 0.1) is 0 Å². The topological polar surface area (TPSA) is 62.9 Å². The van der Waals surface area contributed by atoms with Gasteiger partial charge in [-0.15, -0.1) is 0 Å². The molecule has 2 rings (SSSR count). The zero-order valence-electron chi connectivity index (χ0n) is 12.5. The summed E-state index contributed by atoms with van der Waals surface area (Å²) in [6, 6.07) is 8.07. The summed E-state index contributed by atoms with van der Waals surface area (Å²) in [6.45, 7) is 9.47. The highest BCUT2D eigenvalue weighted by Gasteiger charge is 2.15. The molecule has 1 aromatic rings. The monoisotopic (exact) mass is 276 g/mol. The Kier molecular flexibility index (Phi) is 4.49. The molecule has 0 bridgehead atoms. The number of nitrogens with one attached hydrogen (secondary N) is 1. The fraction of sp³-hybridized carbons (Fsp3) is 0.533. The highest BCUT2D eigenvalue weighted by molar-refractivity contribution is 5.84. The molecule has 1 aliphatic rings. The zero-order chi connectivity index (χ0) is 14.6. The number of morpholine rings is 1. The van der Waals surface area contributed by atoms with E-state index in [-0.39, 0.29) is 5.54 Å². The van der Waals surface area contributed by atoms with Gasteiger partial charge in [-0.1, -0.05) is 12.1 Å². The van der Waals surface area contributed by atoms with Gasteiger partial charge in [0.1, 0.15) is 0 Å². The second-order valence-electron chi connectivity index (χ2n) is 5.96. The van der Waals surface area contributed by atoms with Gasteiger partial charge in [-0.2, -0.15) is 0 Å². The molecule has 0 unspecified atom stereocenters. The number of guanidine groups is 1. The normalized spacial score (nSPS) is 17.1. The van der Waals surface area contributed by atoms with Gasteiger partial charge < -0.3 is 20.7 Å². The number of benzene rings is 1. The maximum Gasteiger partial charge on any atom is 0.194 e. The third-order valence-corrected chi connectivity index (χ3v) is 2.98. The molecule has 1 aliphatic heterocycles. The van der Waals surface area contributed by atoms with Crippen molar-refractivity contribution >= 4 is 17.3 Å². The summed E-state index contributed by atoms with van der Waals surface area (Å²) in [6.07, 6.45) is 0. The Balaban J connectivity index is 2.21. The van der Waals surface area contributed by atoms with E-state index < -0.39 is 0 Å². The molecule has 0 spiro atoms. The standard InChI is InChI=1S/C15H24N4O/c1-15(2,3)18-14(16)17-12-6-4-5-7-13(12)19-8-10-20-11-9-19/h4-7H,8-11H2,1-3H3,(H3,16,17,18). The Labute approximate surface area is 120 Å². The molecule has 0 saturated carbocycles. The molecule has 110 valence electrons. The number of aliphatic imine (C=N–C) groups is 1. The molecule has 20 heavy (non-hydrogen) atoms. The van der Waals surface area contributed by atoms with Crippen LogP contribution in [0.15, 0.2) is 29.3 Å². The summed E-state index contributed by atoms with van der Waals surface area (Å²) >= 11 is 0. The zero-order valence-corrected chi connectivity index (χ0v) is 12.5. The van der Waals surface area contributed by atoms with Crippen LogP contribution in [0.2, 0.25) is 0 Å². The second kappa shape index (κ2) is 6.13. The Morgan fingerprint density at radius 1 is 1.25 bits per heavy atom. The van der Waals surface area contributed by atoms with Crippen molar-refractivity contribution in [2.75, 3.05) is 31.2 Å². The van der Waals surface area contributed by atoms with E-state index in [2.05, 4.69) is 42.0 Å². The first-order valence-corrected chi connectivity index (χ1v) is 7.00. The van der Waals surface area contributed by atoms with Crippen LogP contribution >= 0.6 is 0 Å². The van der Waals surface area contributed by atoms with Crippen LogP contribution in [0.4, 0.5) is 11.4 Å². The van der Waals surface area contributed by atoms with Crippen molar-refractivity contribution < 1.29 is 4.74 Å². The quantitative estimate of drug-likeness (QED) is 0.639. The Morgan fingerprint density at radius 3 is 2.55 bits per heavy atom. The van der Waals surface area contributed by atoms with E-state index in [4.69, 9.17) is 10.5 Å². The van der Waals surface area contributed by atoms with Crippen LogP contribution in [0.3, 0.4) is 0 Å². The van der Waals surface area contributed by atoms with E-state index in [9.17, 15) is 0 Å². The summed E-state index contributed by atoms with van der Waals surface area (Å²) in [4.78, 5) is 6.80. The number of nitrogens with two attached hydrogens (primary N) is 1. The fourth-order valence-electron chi connectivity index (χ4n) is 2.17. The van der Waals surface area contributed by atoms with Crippen molar-refractivity contribution in [3.05, 3.63) is 24.3 Å². The lowest BCUT2D eigenvalue weighted by molar-refractivity contribution is 0.123. The van der Waals surface area contributed by atoms with Gasteiger partial charge in [-0.3, -0.25) is 0 Å². The molecule has 1 heterocycles. The third-order valence-electron chi connectivity index (χ3n) is 2.98. The highest BCUT2D eigenvalue weighted by Crippen LogP contribution is 2.28. The van der Waals surface area contributed by atoms with E-state index in [1.54, 1.807) is 0 Å². The van der Waals surface area contributed by atoms with Crippen LogP contribution in [0.1, 0.15) is 20.8 Å². The molecule has 0 radical (unpaired) electrons. The molecular formula is C15H24N4O. The molecule has 1 saturated heterocycles. The molecule has 1 aromatic carbocycles. The van der Waals surface area contributed by atoms with Gasteiger partial charge in [0.05, 0.1) is 24.6 Å². The maximum atomic E-state index is 5.99. The average molecular weight is 276 g/mol. The average Bonchev–Trinajstić information content (AvgIpc) is 2.38. The van der Waals surface area contributed by atoms with Crippen molar-refractivity contribution in [3.8, 4) is 0 Å². The van der Waals surface area contributed by atoms with Crippen molar-refractivity contribution in [1.29, 1.82) is 0 Å². The molecule has 3 N–H and O–H groups in total. The molecule has 5 nitrogen and oxygen atoms in total. The smallest absolute Gasteiger partial charge is 0.194 e. The number of para-hydroxylation sites is 2. The summed E-state index contributed by atoms with van der Waals surface area (Å²) in [5, 5.41) is 3.18. The van der Waals surface area contributed by atoms with Crippen LogP contribution < -0.4 is 16.0 Å². The SMILES string of the molecule is CC(C)(C)N/C(N)=N/c1ccccc1N1CCOCC1. The van der Waals surface area contributed by atoms with E-state index in [0.717, 1.165) is 37.7 Å². The summed E-state index contributed by atoms with van der Waals surface area (Å²) in [7, 11) is 0. The predicted molar refractivity (Wildman–Crippen MR) is 83.6 cm³/mol. The Bertz CT molecular complexity index is 473. The number of hydrogen-bond acceptors (Lipinski definition) is 3. The van der Waals surface area contributed by atoms with Crippen molar-refractivity contribution in [3.63, 3.8) is 0 Å². The summed E-state index contributed by atoms with van der Waals surface area (Å²) < 4.78 is 5.39. The number of ether oxygens (including phenoxy) is 1. The first-order valence-electron chi connectivity index (χ1n) is 7.00. The molecule has 0 amide bonds. The van der Waals surface area contributed by atoms with Crippen LogP contribution in [0.25, 0.3) is 0 Å². The Hall–Kier alpha value is -1.75. The minimum atomic E-state index is -0.0957. The van der Waals surface area contributed by atoms with E-state index >= 15 is 0 Å². The number of rotatable bonds is 2. The highest BCUT2D eigenvalue weighted by atomic mass is 16.5. The minimum absolute atomic E-state index is 0.0957.